The summed E-state index contributed by atoms with van der Waals surface area (Å²) in [5, 5.41) is 43.3. The van der Waals surface area contributed by atoms with Crippen molar-refractivity contribution in [2.75, 3.05) is 6.61 Å². The SMILES string of the molecule is CCCCCCCCCCCCCCCC(=O)N[C@H]1C(=O)N[C@@](O)(CO)[C@@H](O)[C@@H]1O. The van der Waals surface area contributed by atoms with E-state index in [-0.39, 0.29) is 12.3 Å². The molecule has 1 saturated heterocycles. The van der Waals surface area contributed by atoms with Crippen molar-refractivity contribution in [3.8, 4) is 0 Å². The molecule has 4 atom stereocenters. The van der Waals surface area contributed by atoms with Crippen molar-refractivity contribution in [1.29, 1.82) is 0 Å². The highest BCUT2D eigenvalue weighted by Crippen LogP contribution is 2.19. The Morgan fingerprint density at radius 3 is 1.87 bits per heavy atom. The number of amides is 2. The number of aliphatic hydroxyl groups excluding tert-OH is 3. The van der Waals surface area contributed by atoms with Crippen LogP contribution in [0.15, 0.2) is 0 Å². The molecular weight excluding hydrogens is 388 g/mol. The van der Waals surface area contributed by atoms with E-state index in [2.05, 4.69) is 12.2 Å². The molecular formula is C22H42N2O6. The molecule has 6 N–H and O–H groups in total. The van der Waals surface area contributed by atoms with Crippen LogP contribution in [0, 0.1) is 0 Å². The van der Waals surface area contributed by atoms with Crippen LogP contribution in [0.5, 0.6) is 0 Å². The van der Waals surface area contributed by atoms with E-state index in [1.54, 1.807) is 0 Å². The molecule has 0 radical (unpaired) electrons. The Kier molecular flexibility index (Phi) is 13.2. The summed E-state index contributed by atoms with van der Waals surface area (Å²) in [4.78, 5) is 24.0. The van der Waals surface area contributed by atoms with Crippen molar-refractivity contribution in [3.05, 3.63) is 0 Å². The van der Waals surface area contributed by atoms with Gasteiger partial charge in [0.25, 0.3) is 0 Å². The van der Waals surface area contributed by atoms with E-state index < -0.39 is 36.5 Å². The van der Waals surface area contributed by atoms with E-state index in [4.69, 9.17) is 5.11 Å². The van der Waals surface area contributed by atoms with Gasteiger partial charge < -0.3 is 31.1 Å². The van der Waals surface area contributed by atoms with Crippen LogP contribution in [0.1, 0.15) is 96.8 Å². The van der Waals surface area contributed by atoms with Crippen LogP contribution in [0.4, 0.5) is 0 Å². The van der Waals surface area contributed by atoms with Gasteiger partial charge in [-0.25, -0.2) is 0 Å². The second kappa shape index (κ2) is 14.7. The molecule has 8 heteroatoms. The van der Waals surface area contributed by atoms with Crippen LogP contribution < -0.4 is 10.6 Å². The topological polar surface area (TPSA) is 139 Å². The maximum atomic E-state index is 12.0. The normalized spacial score (nSPS) is 26.4. The van der Waals surface area contributed by atoms with Crippen LogP contribution in [0.3, 0.4) is 0 Å². The first-order chi connectivity index (χ1) is 14.4. The molecule has 1 aliphatic heterocycles. The number of piperidine rings is 1. The van der Waals surface area contributed by atoms with Gasteiger partial charge in [-0.3, -0.25) is 9.59 Å². The number of hydrogen-bond acceptors (Lipinski definition) is 6. The summed E-state index contributed by atoms with van der Waals surface area (Å²) < 4.78 is 0. The molecule has 0 aromatic heterocycles. The summed E-state index contributed by atoms with van der Waals surface area (Å²) in [6.07, 6.45) is 12.4. The minimum Gasteiger partial charge on any atom is -0.391 e. The first kappa shape index (κ1) is 26.8. The Hall–Kier alpha value is -1.22. The van der Waals surface area contributed by atoms with E-state index >= 15 is 0 Å². The van der Waals surface area contributed by atoms with Gasteiger partial charge in [0.15, 0.2) is 5.72 Å². The third-order valence-corrected chi connectivity index (χ3v) is 5.84. The van der Waals surface area contributed by atoms with Crippen LogP contribution in [0.25, 0.3) is 0 Å². The van der Waals surface area contributed by atoms with Crippen molar-refractivity contribution in [3.63, 3.8) is 0 Å². The molecule has 0 aliphatic carbocycles. The van der Waals surface area contributed by atoms with Crippen molar-refractivity contribution < 1.29 is 30.0 Å². The molecule has 0 unspecified atom stereocenters. The van der Waals surface area contributed by atoms with Gasteiger partial charge in [0.2, 0.25) is 11.8 Å². The Bertz CT molecular complexity index is 504. The zero-order valence-electron chi connectivity index (χ0n) is 18.4. The van der Waals surface area contributed by atoms with Gasteiger partial charge in [-0.15, -0.1) is 0 Å². The lowest BCUT2D eigenvalue weighted by Gasteiger charge is -2.42. The number of nitrogens with one attached hydrogen (secondary N) is 2. The highest BCUT2D eigenvalue weighted by atomic mass is 16.4. The molecule has 1 aliphatic rings. The lowest BCUT2D eigenvalue weighted by Crippen LogP contribution is -2.74. The minimum atomic E-state index is -2.31. The molecule has 1 fully saturated rings. The summed E-state index contributed by atoms with van der Waals surface area (Å²) in [5.41, 5.74) is -2.31. The number of aliphatic hydroxyl groups is 4. The Labute approximate surface area is 180 Å². The zero-order chi connectivity index (χ0) is 22.4. The monoisotopic (exact) mass is 430 g/mol. The summed E-state index contributed by atoms with van der Waals surface area (Å²) >= 11 is 0. The fourth-order valence-electron chi connectivity index (χ4n) is 3.82. The van der Waals surface area contributed by atoms with Gasteiger partial charge in [0.1, 0.15) is 18.2 Å². The van der Waals surface area contributed by atoms with Gasteiger partial charge in [0.05, 0.1) is 6.61 Å². The maximum absolute atomic E-state index is 12.0. The predicted octanol–water partition coefficient (Wildman–Crippen LogP) is 1.48. The lowest BCUT2D eigenvalue weighted by atomic mass is 9.90. The molecule has 0 bridgehead atoms. The fourth-order valence-corrected chi connectivity index (χ4v) is 3.82. The van der Waals surface area contributed by atoms with Crippen LogP contribution >= 0.6 is 0 Å². The molecule has 30 heavy (non-hydrogen) atoms. The van der Waals surface area contributed by atoms with E-state index in [9.17, 15) is 24.9 Å². The van der Waals surface area contributed by atoms with Gasteiger partial charge in [-0.1, -0.05) is 84.0 Å². The fraction of sp³-hybridized carbons (Fsp3) is 0.909. The largest absolute Gasteiger partial charge is 0.391 e. The van der Waals surface area contributed by atoms with Gasteiger partial charge >= 0.3 is 0 Å². The van der Waals surface area contributed by atoms with E-state index in [1.807, 2.05) is 5.32 Å². The number of carbonyl (C=O) groups is 2. The Morgan fingerprint density at radius 2 is 1.40 bits per heavy atom. The Balaban J connectivity index is 2.07. The molecule has 176 valence electrons. The van der Waals surface area contributed by atoms with Crippen LogP contribution in [0.2, 0.25) is 0 Å². The summed E-state index contributed by atoms with van der Waals surface area (Å²) in [7, 11) is 0. The minimum absolute atomic E-state index is 0.231. The highest BCUT2D eigenvalue weighted by Gasteiger charge is 2.51. The quantitative estimate of drug-likeness (QED) is 0.205. The average molecular weight is 431 g/mol. The van der Waals surface area contributed by atoms with Crippen molar-refractivity contribution in [1.82, 2.24) is 10.6 Å². The number of hydrogen-bond donors (Lipinski definition) is 6. The highest BCUT2D eigenvalue weighted by molar-refractivity contribution is 5.89. The van der Waals surface area contributed by atoms with Crippen LogP contribution in [-0.4, -0.2) is 62.8 Å². The first-order valence-electron chi connectivity index (χ1n) is 11.7. The van der Waals surface area contributed by atoms with Crippen LogP contribution in [-0.2, 0) is 9.59 Å². The van der Waals surface area contributed by atoms with Crippen molar-refractivity contribution in [2.45, 2.75) is 121 Å². The van der Waals surface area contributed by atoms with Gasteiger partial charge in [-0.05, 0) is 6.42 Å². The average Bonchev–Trinajstić information content (AvgIpc) is 2.73. The summed E-state index contributed by atoms with van der Waals surface area (Å²) in [6.45, 7) is 1.29. The third-order valence-electron chi connectivity index (χ3n) is 5.84. The molecule has 1 rings (SSSR count). The summed E-state index contributed by atoms with van der Waals surface area (Å²) in [6, 6.07) is -1.36. The van der Waals surface area contributed by atoms with Crippen molar-refractivity contribution >= 4 is 11.8 Å². The number of rotatable bonds is 16. The third kappa shape index (κ3) is 9.29. The van der Waals surface area contributed by atoms with Gasteiger partial charge in [-0.2, -0.15) is 0 Å². The molecule has 0 aromatic carbocycles. The molecule has 2 amide bonds. The summed E-state index contributed by atoms with van der Waals surface area (Å²) in [5.74, 6) is -1.23. The maximum Gasteiger partial charge on any atom is 0.247 e. The zero-order valence-corrected chi connectivity index (χ0v) is 18.4. The molecule has 0 aromatic rings. The van der Waals surface area contributed by atoms with Gasteiger partial charge in [0, 0.05) is 6.42 Å². The molecule has 0 saturated carbocycles. The lowest BCUT2D eigenvalue weighted by molar-refractivity contribution is -0.195. The van der Waals surface area contributed by atoms with Crippen molar-refractivity contribution in [2.24, 2.45) is 0 Å². The number of unbranched alkanes of at least 4 members (excludes halogenated alkanes) is 12. The van der Waals surface area contributed by atoms with E-state index in [0.29, 0.717) is 6.42 Å². The first-order valence-corrected chi connectivity index (χ1v) is 11.7. The standard InChI is InChI=1S/C22H42N2O6/c1-2-3-4-5-6-7-8-9-10-11-12-13-14-15-17(26)23-18-19(27)20(28)22(30,16-25)24-21(18)29/h18-20,25,27-28,30H,2-16H2,1H3,(H,23,26)(H,24,29)/t18-,19-,20+,22-/m1/s1. The van der Waals surface area contributed by atoms with E-state index in [1.165, 1.54) is 57.8 Å². The number of carbonyl (C=O) groups excluding carboxylic acids is 2. The van der Waals surface area contributed by atoms with E-state index in [0.717, 1.165) is 19.3 Å². The Morgan fingerprint density at radius 1 is 0.933 bits per heavy atom. The molecule has 8 nitrogen and oxygen atoms in total. The second-order valence-electron chi connectivity index (χ2n) is 8.54. The molecule has 0 spiro atoms. The second-order valence-corrected chi connectivity index (χ2v) is 8.54. The smallest absolute Gasteiger partial charge is 0.247 e. The predicted molar refractivity (Wildman–Crippen MR) is 114 cm³/mol. The molecule has 1 heterocycles.